The van der Waals surface area contributed by atoms with E-state index in [9.17, 15) is 4.79 Å². The van der Waals surface area contributed by atoms with E-state index in [1.165, 1.54) is 0 Å². The molecule has 24 heavy (non-hydrogen) atoms. The summed E-state index contributed by atoms with van der Waals surface area (Å²) in [5.41, 5.74) is 1.80. The first-order chi connectivity index (χ1) is 11.6. The number of likely N-dealkylation sites (N-methyl/N-ethyl adjacent to an activating group) is 1. The highest BCUT2D eigenvalue weighted by Gasteiger charge is 2.11. The molecule has 1 heterocycles. The highest BCUT2D eigenvalue weighted by atomic mass is 32.1. The van der Waals surface area contributed by atoms with Crippen molar-refractivity contribution < 1.29 is 14.3 Å². The van der Waals surface area contributed by atoms with E-state index >= 15 is 0 Å². The summed E-state index contributed by atoms with van der Waals surface area (Å²) in [6, 6.07) is 5.67. The standard InChI is InChI=1S/C18H22N2O3S/c1-5-20(18(21)9-7-15-12-24-13(2)19-15)11-14-6-8-16(22-3)17(10-14)23-4/h6-10,12H,5,11H2,1-4H3. The fourth-order valence-electron chi connectivity index (χ4n) is 2.26. The van der Waals surface area contributed by atoms with Gasteiger partial charge in [-0.15, -0.1) is 11.3 Å². The number of carbonyl (C=O) groups excluding carboxylic acids is 1. The molecule has 0 aliphatic carbocycles. The Bertz CT molecular complexity index is 725. The van der Waals surface area contributed by atoms with Crippen LogP contribution in [-0.4, -0.2) is 36.6 Å². The first-order valence-corrected chi connectivity index (χ1v) is 8.55. The summed E-state index contributed by atoms with van der Waals surface area (Å²) in [5, 5.41) is 2.92. The van der Waals surface area contributed by atoms with Crippen LogP contribution in [0.2, 0.25) is 0 Å². The summed E-state index contributed by atoms with van der Waals surface area (Å²) < 4.78 is 10.5. The third-order valence-electron chi connectivity index (χ3n) is 3.55. The zero-order valence-electron chi connectivity index (χ0n) is 14.4. The fourth-order valence-corrected chi connectivity index (χ4v) is 2.84. The lowest BCUT2D eigenvalue weighted by atomic mass is 10.2. The van der Waals surface area contributed by atoms with Crippen LogP contribution in [0.3, 0.4) is 0 Å². The van der Waals surface area contributed by atoms with Crippen molar-refractivity contribution in [1.82, 2.24) is 9.88 Å². The van der Waals surface area contributed by atoms with Crippen molar-refractivity contribution in [3.63, 3.8) is 0 Å². The molecule has 5 nitrogen and oxygen atoms in total. The lowest BCUT2D eigenvalue weighted by molar-refractivity contribution is -0.126. The molecule has 0 radical (unpaired) electrons. The molecule has 2 rings (SSSR count). The molecule has 0 aliphatic heterocycles. The number of nitrogens with zero attached hydrogens (tertiary/aromatic N) is 2. The number of hydrogen-bond donors (Lipinski definition) is 0. The van der Waals surface area contributed by atoms with E-state index in [1.807, 2.05) is 37.4 Å². The average Bonchev–Trinajstić information content (AvgIpc) is 3.02. The molecule has 0 bridgehead atoms. The maximum atomic E-state index is 12.4. The van der Waals surface area contributed by atoms with E-state index in [4.69, 9.17) is 9.47 Å². The number of ether oxygens (including phenoxy) is 2. The molecule has 0 spiro atoms. The van der Waals surface area contributed by atoms with Crippen molar-refractivity contribution in [3.05, 3.63) is 45.9 Å². The van der Waals surface area contributed by atoms with Crippen molar-refractivity contribution >= 4 is 23.3 Å². The summed E-state index contributed by atoms with van der Waals surface area (Å²) in [4.78, 5) is 18.5. The van der Waals surface area contributed by atoms with Gasteiger partial charge in [0.05, 0.1) is 24.9 Å². The quantitative estimate of drug-likeness (QED) is 0.720. The second kappa shape index (κ2) is 8.49. The highest BCUT2D eigenvalue weighted by molar-refractivity contribution is 7.09. The Morgan fingerprint density at radius 1 is 1.29 bits per heavy atom. The number of aryl methyl sites for hydroxylation is 1. The van der Waals surface area contributed by atoms with Gasteiger partial charge in [0.2, 0.25) is 5.91 Å². The monoisotopic (exact) mass is 346 g/mol. The van der Waals surface area contributed by atoms with Crippen LogP contribution in [0.5, 0.6) is 11.5 Å². The number of aromatic nitrogens is 1. The van der Waals surface area contributed by atoms with Gasteiger partial charge in [0.25, 0.3) is 0 Å². The molecule has 6 heteroatoms. The molecule has 0 aliphatic rings. The largest absolute Gasteiger partial charge is 0.493 e. The zero-order chi connectivity index (χ0) is 17.5. The van der Waals surface area contributed by atoms with Crippen molar-refractivity contribution in [1.29, 1.82) is 0 Å². The van der Waals surface area contributed by atoms with Gasteiger partial charge in [-0.25, -0.2) is 4.98 Å². The molecule has 0 atom stereocenters. The molecule has 0 fully saturated rings. The first-order valence-electron chi connectivity index (χ1n) is 7.67. The Morgan fingerprint density at radius 3 is 2.62 bits per heavy atom. The van der Waals surface area contributed by atoms with E-state index in [1.54, 1.807) is 42.6 Å². The minimum atomic E-state index is -0.0436. The van der Waals surface area contributed by atoms with Crippen LogP contribution >= 0.6 is 11.3 Å². The topological polar surface area (TPSA) is 51.7 Å². The molecule has 0 N–H and O–H groups in total. The first kappa shape index (κ1) is 18.0. The van der Waals surface area contributed by atoms with Crippen molar-refractivity contribution in [2.45, 2.75) is 20.4 Å². The highest BCUT2D eigenvalue weighted by Crippen LogP contribution is 2.28. The maximum absolute atomic E-state index is 12.4. The molecular formula is C18H22N2O3S. The number of methoxy groups -OCH3 is 2. The molecular weight excluding hydrogens is 324 g/mol. The van der Waals surface area contributed by atoms with Crippen LogP contribution in [0, 0.1) is 6.92 Å². The molecule has 1 amide bonds. The summed E-state index contributed by atoms with van der Waals surface area (Å²) in [7, 11) is 3.20. The van der Waals surface area contributed by atoms with Crippen molar-refractivity contribution in [2.75, 3.05) is 20.8 Å². The molecule has 1 aromatic heterocycles. The summed E-state index contributed by atoms with van der Waals surface area (Å²) >= 11 is 1.57. The van der Waals surface area contributed by atoms with Gasteiger partial charge >= 0.3 is 0 Å². The second-order valence-corrected chi connectivity index (χ2v) is 6.23. The molecule has 0 unspecified atom stereocenters. The van der Waals surface area contributed by atoms with Crippen LogP contribution in [0.4, 0.5) is 0 Å². The predicted molar refractivity (Wildman–Crippen MR) is 96.5 cm³/mol. The SMILES string of the molecule is CCN(Cc1ccc(OC)c(OC)c1)C(=O)C=Cc1csc(C)n1. The molecule has 2 aromatic rings. The number of amides is 1. The summed E-state index contributed by atoms with van der Waals surface area (Å²) in [6.07, 6.45) is 3.32. The molecule has 0 saturated heterocycles. The van der Waals surface area contributed by atoms with Gasteiger partial charge in [-0.3, -0.25) is 4.79 Å². The van der Waals surface area contributed by atoms with Crippen molar-refractivity contribution in [2.24, 2.45) is 0 Å². The second-order valence-electron chi connectivity index (χ2n) is 5.17. The fraction of sp³-hybridized carbons (Fsp3) is 0.333. The van der Waals surface area contributed by atoms with Crippen LogP contribution in [-0.2, 0) is 11.3 Å². The maximum Gasteiger partial charge on any atom is 0.246 e. The molecule has 0 saturated carbocycles. The van der Waals surface area contributed by atoms with Gasteiger partial charge in [0.1, 0.15) is 0 Å². The number of carbonyl (C=O) groups is 1. The van der Waals surface area contributed by atoms with Crippen LogP contribution in [0.25, 0.3) is 6.08 Å². The number of benzene rings is 1. The van der Waals surface area contributed by atoms with E-state index in [-0.39, 0.29) is 5.91 Å². The Labute approximate surface area is 146 Å². The lowest BCUT2D eigenvalue weighted by Crippen LogP contribution is -2.28. The normalized spacial score (nSPS) is 10.8. The van der Waals surface area contributed by atoms with Crippen LogP contribution in [0.15, 0.2) is 29.7 Å². The summed E-state index contributed by atoms with van der Waals surface area (Å²) in [5.74, 6) is 1.29. The molecule has 1 aromatic carbocycles. The number of rotatable bonds is 7. The predicted octanol–water partition coefficient (Wildman–Crippen LogP) is 3.53. The van der Waals surface area contributed by atoms with Gasteiger partial charge in [-0.1, -0.05) is 6.07 Å². The minimum Gasteiger partial charge on any atom is -0.493 e. The van der Waals surface area contributed by atoms with Crippen LogP contribution < -0.4 is 9.47 Å². The third kappa shape index (κ3) is 4.58. The lowest BCUT2D eigenvalue weighted by Gasteiger charge is -2.20. The Kier molecular flexibility index (Phi) is 6.37. The van der Waals surface area contributed by atoms with Gasteiger partial charge in [-0.05, 0) is 37.6 Å². The summed E-state index contributed by atoms with van der Waals surface area (Å²) in [6.45, 7) is 5.03. The molecule has 128 valence electrons. The third-order valence-corrected chi connectivity index (χ3v) is 4.34. The van der Waals surface area contributed by atoms with Gasteiger partial charge in [0, 0.05) is 24.5 Å². The van der Waals surface area contributed by atoms with Crippen molar-refractivity contribution in [3.8, 4) is 11.5 Å². The van der Waals surface area contributed by atoms with Gasteiger partial charge < -0.3 is 14.4 Å². The van der Waals surface area contributed by atoms with Crippen LogP contribution in [0.1, 0.15) is 23.2 Å². The number of hydrogen-bond acceptors (Lipinski definition) is 5. The number of thiazole rings is 1. The van der Waals surface area contributed by atoms with E-state index in [0.29, 0.717) is 24.6 Å². The van der Waals surface area contributed by atoms with Gasteiger partial charge in [0.15, 0.2) is 11.5 Å². The average molecular weight is 346 g/mol. The smallest absolute Gasteiger partial charge is 0.246 e. The van der Waals surface area contributed by atoms with E-state index < -0.39 is 0 Å². The Hall–Kier alpha value is -2.34. The zero-order valence-corrected chi connectivity index (χ0v) is 15.2. The van der Waals surface area contributed by atoms with E-state index in [2.05, 4.69) is 4.98 Å². The minimum absolute atomic E-state index is 0.0436. The Morgan fingerprint density at radius 2 is 2.04 bits per heavy atom. The van der Waals surface area contributed by atoms with Gasteiger partial charge in [-0.2, -0.15) is 0 Å². The Balaban J connectivity index is 2.08. The van der Waals surface area contributed by atoms with E-state index in [0.717, 1.165) is 16.3 Å².